The fourth-order valence-corrected chi connectivity index (χ4v) is 3.36. The zero-order chi connectivity index (χ0) is 18.8. The molecule has 0 bridgehead atoms. The second kappa shape index (κ2) is 7.67. The van der Waals surface area contributed by atoms with E-state index in [2.05, 4.69) is 21.3 Å². The van der Waals surface area contributed by atoms with E-state index in [4.69, 9.17) is 11.6 Å². The van der Waals surface area contributed by atoms with Crippen LogP contribution in [0.4, 0.5) is 5.95 Å². The van der Waals surface area contributed by atoms with Gasteiger partial charge in [0.2, 0.25) is 5.95 Å². The maximum atomic E-state index is 13.0. The van der Waals surface area contributed by atoms with Crippen molar-refractivity contribution in [2.75, 3.05) is 37.0 Å². The highest BCUT2D eigenvalue weighted by atomic mass is 35.5. The van der Waals surface area contributed by atoms with Crippen LogP contribution in [-0.4, -0.2) is 50.7 Å². The molecular formula is C17H25ClN6O2. The molecule has 142 valence electrons. The van der Waals surface area contributed by atoms with Gasteiger partial charge in [0.1, 0.15) is 0 Å². The first kappa shape index (κ1) is 18.7. The zero-order valence-corrected chi connectivity index (χ0v) is 16.2. The Balaban J connectivity index is 2.29. The summed E-state index contributed by atoms with van der Waals surface area (Å²) in [5.74, 6) is 0.933. The highest BCUT2D eigenvalue weighted by molar-refractivity contribution is 6.17. The van der Waals surface area contributed by atoms with Gasteiger partial charge in [0.25, 0.3) is 5.56 Å². The van der Waals surface area contributed by atoms with Crippen LogP contribution in [-0.2, 0) is 20.1 Å². The van der Waals surface area contributed by atoms with Crippen LogP contribution in [0.15, 0.2) is 21.2 Å². The summed E-state index contributed by atoms with van der Waals surface area (Å²) in [6, 6.07) is 0. The Bertz CT molecular complexity index is 945. The van der Waals surface area contributed by atoms with Gasteiger partial charge in [-0.3, -0.25) is 13.9 Å². The van der Waals surface area contributed by atoms with Crippen molar-refractivity contribution < 1.29 is 0 Å². The van der Waals surface area contributed by atoms with Crippen LogP contribution >= 0.6 is 11.6 Å². The van der Waals surface area contributed by atoms with E-state index in [0.717, 1.165) is 37.7 Å². The molecule has 0 radical (unpaired) electrons. The second-order valence-electron chi connectivity index (χ2n) is 6.70. The number of rotatable bonds is 5. The Morgan fingerprint density at radius 2 is 1.92 bits per heavy atom. The first-order valence-corrected chi connectivity index (χ1v) is 9.34. The van der Waals surface area contributed by atoms with Crippen molar-refractivity contribution in [3.8, 4) is 0 Å². The topological polar surface area (TPSA) is 77.1 Å². The molecule has 1 N–H and O–H groups in total. The summed E-state index contributed by atoms with van der Waals surface area (Å²) >= 11 is 5.80. The normalized spacial score (nSPS) is 14.8. The van der Waals surface area contributed by atoms with E-state index in [1.165, 1.54) is 9.13 Å². The number of imidazole rings is 1. The molecule has 3 rings (SSSR count). The molecule has 1 saturated heterocycles. The molecule has 1 aliphatic heterocycles. The number of hydrogen-bond donors (Lipinski definition) is 1. The van der Waals surface area contributed by atoms with Crippen molar-refractivity contribution in [3.05, 3.63) is 32.5 Å². The monoisotopic (exact) mass is 380 g/mol. The van der Waals surface area contributed by atoms with Crippen LogP contribution in [0.2, 0.25) is 0 Å². The number of piperazine rings is 1. The summed E-state index contributed by atoms with van der Waals surface area (Å²) in [5, 5.41) is 3.32. The Morgan fingerprint density at radius 3 is 2.54 bits per heavy atom. The third kappa shape index (κ3) is 3.31. The molecule has 2 aromatic heterocycles. The Kier molecular flexibility index (Phi) is 5.52. The van der Waals surface area contributed by atoms with E-state index < -0.39 is 0 Å². The molecular weight excluding hydrogens is 356 g/mol. The predicted octanol–water partition coefficient (Wildman–Crippen LogP) is 0.511. The van der Waals surface area contributed by atoms with Gasteiger partial charge in [-0.25, -0.2) is 4.79 Å². The van der Waals surface area contributed by atoms with Crippen LogP contribution in [0.1, 0.15) is 13.8 Å². The van der Waals surface area contributed by atoms with E-state index in [-0.39, 0.29) is 23.7 Å². The zero-order valence-electron chi connectivity index (χ0n) is 15.5. The Morgan fingerprint density at radius 1 is 1.23 bits per heavy atom. The number of aryl methyl sites for hydroxylation is 1. The fourth-order valence-electron chi connectivity index (χ4n) is 3.19. The lowest BCUT2D eigenvalue weighted by Gasteiger charge is -2.28. The lowest BCUT2D eigenvalue weighted by molar-refractivity contribution is 0.572. The molecule has 0 saturated carbocycles. The smallest absolute Gasteiger partial charge is 0.332 e. The van der Waals surface area contributed by atoms with Gasteiger partial charge in [-0.2, -0.15) is 4.98 Å². The largest absolute Gasteiger partial charge is 0.340 e. The van der Waals surface area contributed by atoms with Gasteiger partial charge >= 0.3 is 5.69 Å². The van der Waals surface area contributed by atoms with E-state index in [0.29, 0.717) is 17.7 Å². The molecule has 1 fully saturated rings. The minimum atomic E-state index is -0.387. The van der Waals surface area contributed by atoms with Crippen LogP contribution in [0, 0.1) is 0 Å². The number of anilines is 1. The van der Waals surface area contributed by atoms with Crippen molar-refractivity contribution in [2.24, 2.45) is 7.05 Å². The lowest BCUT2D eigenvalue weighted by Crippen LogP contribution is -2.44. The number of allylic oxidation sites excluding steroid dienone is 2. The maximum absolute atomic E-state index is 13.0. The molecule has 0 amide bonds. The van der Waals surface area contributed by atoms with Crippen LogP contribution in [0.5, 0.6) is 0 Å². The van der Waals surface area contributed by atoms with Gasteiger partial charge in [-0.15, -0.1) is 11.6 Å². The van der Waals surface area contributed by atoms with Crippen LogP contribution in [0.25, 0.3) is 11.2 Å². The van der Waals surface area contributed by atoms with Crippen molar-refractivity contribution in [1.29, 1.82) is 0 Å². The van der Waals surface area contributed by atoms with E-state index in [1.807, 2.05) is 18.4 Å². The number of hydrogen-bond acceptors (Lipinski definition) is 5. The van der Waals surface area contributed by atoms with Crippen LogP contribution in [0.3, 0.4) is 0 Å². The van der Waals surface area contributed by atoms with Gasteiger partial charge < -0.3 is 14.8 Å². The molecule has 0 aliphatic carbocycles. The number of nitrogens with zero attached hydrogens (tertiary/aromatic N) is 5. The Labute approximate surface area is 156 Å². The molecule has 2 aromatic rings. The minimum absolute atomic E-state index is 0.180. The van der Waals surface area contributed by atoms with E-state index in [1.54, 1.807) is 7.05 Å². The summed E-state index contributed by atoms with van der Waals surface area (Å²) < 4.78 is 4.55. The summed E-state index contributed by atoms with van der Waals surface area (Å²) in [7, 11) is 1.65. The van der Waals surface area contributed by atoms with E-state index >= 15 is 0 Å². The molecule has 8 nitrogen and oxygen atoms in total. The average molecular weight is 381 g/mol. The van der Waals surface area contributed by atoms with Gasteiger partial charge in [-0.05, 0) is 13.8 Å². The molecule has 0 atom stereocenters. The van der Waals surface area contributed by atoms with Crippen molar-refractivity contribution in [2.45, 2.75) is 26.9 Å². The molecule has 1 aliphatic rings. The van der Waals surface area contributed by atoms with Gasteiger partial charge in [0.15, 0.2) is 11.2 Å². The third-order valence-corrected chi connectivity index (χ3v) is 4.77. The summed E-state index contributed by atoms with van der Waals surface area (Å²) in [6.45, 7) is 8.09. The van der Waals surface area contributed by atoms with E-state index in [9.17, 15) is 9.59 Å². The van der Waals surface area contributed by atoms with Crippen molar-refractivity contribution in [1.82, 2.24) is 24.0 Å². The number of halogens is 1. The molecule has 9 heteroatoms. The molecule has 0 aromatic carbocycles. The minimum Gasteiger partial charge on any atom is -0.340 e. The number of aromatic nitrogens is 4. The summed E-state index contributed by atoms with van der Waals surface area (Å²) in [6.07, 6.45) is 2.06. The molecule has 0 spiro atoms. The summed E-state index contributed by atoms with van der Waals surface area (Å²) in [4.78, 5) is 32.4. The molecule has 0 unspecified atom stereocenters. The van der Waals surface area contributed by atoms with Crippen molar-refractivity contribution >= 4 is 28.7 Å². The second-order valence-corrected chi connectivity index (χ2v) is 7.08. The number of alkyl halides is 1. The number of fused-ring (bicyclic) bond motifs is 1. The molecule has 26 heavy (non-hydrogen) atoms. The highest BCUT2D eigenvalue weighted by Gasteiger charge is 2.23. The highest BCUT2D eigenvalue weighted by Crippen LogP contribution is 2.20. The van der Waals surface area contributed by atoms with Gasteiger partial charge in [-0.1, -0.05) is 11.6 Å². The lowest BCUT2D eigenvalue weighted by atomic mass is 10.3. The first-order chi connectivity index (χ1) is 12.5. The Hall–Kier alpha value is -2.06. The fraction of sp³-hybridized carbons (Fsp3) is 0.588. The quantitative estimate of drug-likeness (QED) is 0.604. The maximum Gasteiger partial charge on any atom is 0.332 e. The third-order valence-electron chi connectivity index (χ3n) is 4.60. The van der Waals surface area contributed by atoms with Gasteiger partial charge in [0, 0.05) is 52.2 Å². The summed E-state index contributed by atoms with van der Waals surface area (Å²) in [5.41, 5.74) is 1.30. The predicted molar refractivity (Wildman–Crippen MR) is 104 cm³/mol. The first-order valence-electron chi connectivity index (χ1n) is 8.80. The molecule has 3 heterocycles. The van der Waals surface area contributed by atoms with Crippen LogP contribution < -0.4 is 21.5 Å². The SMILES string of the molecule is CC(C)=CCn1c(N2CCNCC2)nc2c1c(=O)n(CCCl)c(=O)n2C. The number of nitrogens with one attached hydrogen (secondary N) is 1. The van der Waals surface area contributed by atoms with Crippen molar-refractivity contribution in [3.63, 3.8) is 0 Å². The average Bonchev–Trinajstić information content (AvgIpc) is 3.02. The van der Waals surface area contributed by atoms with Gasteiger partial charge in [0.05, 0.1) is 0 Å². The standard InChI is InChI=1S/C17H25ClN6O2/c1-12(2)4-8-23-13-14(20-16(23)22-10-6-19-7-11-22)21(3)17(26)24(9-5-18)15(13)25/h4,19H,5-11H2,1-3H3.